The maximum atomic E-state index is 5.91. The number of nitrogens with zero attached hydrogens (tertiary/aromatic N) is 2. The van der Waals surface area contributed by atoms with Gasteiger partial charge in [0, 0.05) is 25.3 Å². The van der Waals surface area contributed by atoms with Gasteiger partial charge in [0.15, 0.2) is 0 Å². The fraction of sp³-hybridized carbons (Fsp3) is 0.545. The highest BCUT2D eigenvalue weighted by molar-refractivity contribution is 5.66. The third-order valence-electron chi connectivity index (χ3n) is 3.00. The van der Waals surface area contributed by atoms with Crippen LogP contribution in [0.15, 0.2) is 18.5 Å². The Hall–Kier alpha value is -1.29. The number of piperidine rings is 1. The van der Waals surface area contributed by atoms with E-state index >= 15 is 0 Å². The van der Waals surface area contributed by atoms with Crippen molar-refractivity contribution in [3.05, 3.63) is 18.5 Å². The fourth-order valence-electron chi connectivity index (χ4n) is 2.12. The topological polar surface area (TPSA) is 54.2 Å². The van der Waals surface area contributed by atoms with Gasteiger partial charge in [-0.05, 0) is 26.0 Å². The predicted octanol–water partition coefficient (Wildman–Crippen LogP) is 0.852. The average molecular weight is 206 g/mol. The monoisotopic (exact) mass is 206 g/mol. The molecule has 0 radical (unpaired) electrons. The highest BCUT2D eigenvalue weighted by Crippen LogP contribution is 2.24. The third kappa shape index (κ3) is 2.21. The summed E-state index contributed by atoms with van der Waals surface area (Å²) in [6.07, 6.45) is 5.98. The number of nitrogens with two attached hydrogens (primary N) is 1. The summed E-state index contributed by atoms with van der Waals surface area (Å²) >= 11 is 0. The van der Waals surface area contributed by atoms with E-state index < -0.39 is 0 Å². The number of hydrogen-bond acceptors (Lipinski definition) is 4. The van der Waals surface area contributed by atoms with Crippen LogP contribution in [0.5, 0.6) is 0 Å². The molecular weight excluding hydrogens is 188 g/mol. The third-order valence-corrected chi connectivity index (χ3v) is 3.00. The van der Waals surface area contributed by atoms with Gasteiger partial charge in [-0.3, -0.25) is 4.98 Å². The zero-order valence-corrected chi connectivity index (χ0v) is 9.11. The van der Waals surface area contributed by atoms with Gasteiger partial charge in [0.05, 0.1) is 17.6 Å². The van der Waals surface area contributed by atoms with Crippen molar-refractivity contribution < 1.29 is 0 Å². The standard InChI is InChI=1S/C11H18N4/c1-13-9-3-2-6-15(8-9)11-4-5-14-7-10(11)12/h4-5,7,9,13H,2-3,6,8,12H2,1H3/t9-/m0/s1. The van der Waals surface area contributed by atoms with Crippen LogP contribution in [0.3, 0.4) is 0 Å². The molecule has 0 saturated carbocycles. The highest BCUT2D eigenvalue weighted by atomic mass is 15.2. The fourth-order valence-corrected chi connectivity index (χ4v) is 2.12. The first kappa shape index (κ1) is 10.2. The van der Waals surface area contributed by atoms with Crippen LogP contribution in [0.25, 0.3) is 0 Å². The van der Waals surface area contributed by atoms with Crippen molar-refractivity contribution in [2.75, 3.05) is 30.8 Å². The van der Waals surface area contributed by atoms with Crippen LogP contribution in [0.1, 0.15) is 12.8 Å². The average Bonchev–Trinajstić information content (AvgIpc) is 2.30. The molecule has 82 valence electrons. The maximum Gasteiger partial charge on any atom is 0.0738 e. The largest absolute Gasteiger partial charge is 0.396 e. The molecule has 1 saturated heterocycles. The van der Waals surface area contributed by atoms with Crippen LogP contribution in [0, 0.1) is 0 Å². The number of rotatable bonds is 2. The summed E-state index contributed by atoms with van der Waals surface area (Å²) in [6, 6.07) is 2.57. The van der Waals surface area contributed by atoms with E-state index in [9.17, 15) is 0 Å². The lowest BCUT2D eigenvalue weighted by Crippen LogP contribution is -2.44. The molecule has 1 fully saturated rings. The Balaban J connectivity index is 2.13. The SMILES string of the molecule is CN[C@H]1CCCN(c2ccncc2N)C1. The van der Waals surface area contributed by atoms with E-state index in [0.717, 1.165) is 24.5 Å². The van der Waals surface area contributed by atoms with Gasteiger partial charge in [-0.25, -0.2) is 0 Å². The molecule has 0 spiro atoms. The summed E-state index contributed by atoms with van der Waals surface area (Å²) in [5, 5.41) is 3.32. The molecule has 0 aliphatic carbocycles. The minimum absolute atomic E-state index is 0.575. The minimum Gasteiger partial charge on any atom is -0.396 e. The summed E-state index contributed by atoms with van der Waals surface area (Å²) in [4.78, 5) is 6.35. The summed E-state index contributed by atoms with van der Waals surface area (Å²) in [7, 11) is 2.02. The lowest BCUT2D eigenvalue weighted by Gasteiger charge is -2.34. The Morgan fingerprint density at radius 3 is 3.20 bits per heavy atom. The first-order valence-electron chi connectivity index (χ1n) is 5.43. The van der Waals surface area contributed by atoms with Crippen molar-refractivity contribution in [3.8, 4) is 0 Å². The highest BCUT2D eigenvalue weighted by Gasteiger charge is 2.19. The zero-order valence-electron chi connectivity index (χ0n) is 9.11. The molecule has 0 aromatic carbocycles. The number of likely N-dealkylation sites (N-methyl/N-ethyl adjacent to an activating group) is 1. The van der Waals surface area contributed by atoms with Gasteiger partial charge >= 0.3 is 0 Å². The first-order chi connectivity index (χ1) is 7.31. The molecule has 4 heteroatoms. The summed E-state index contributed by atoms with van der Waals surface area (Å²) in [5.74, 6) is 0. The van der Waals surface area contributed by atoms with Gasteiger partial charge in [-0.2, -0.15) is 0 Å². The van der Waals surface area contributed by atoms with E-state index in [1.54, 1.807) is 12.4 Å². The molecule has 0 amide bonds. The van der Waals surface area contributed by atoms with Crippen molar-refractivity contribution >= 4 is 11.4 Å². The molecule has 1 aromatic heterocycles. The van der Waals surface area contributed by atoms with Crippen molar-refractivity contribution in [1.82, 2.24) is 10.3 Å². The first-order valence-corrected chi connectivity index (χ1v) is 5.43. The molecule has 15 heavy (non-hydrogen) atoms. The molecule has 3 N–H and O–H groups in total. The van der Waals surface area contributed by atoms with Crippen LogP contribution < -0.4 is 16.0 Å². The van der Waals surface area contributed by atoms with Crippen LogP contribution in [-0.4, -0.2) is 31.2 Å². The molecule has 2 rings (SSSR count). The molecular formula is C11H18N4. The second kappa shape index (κ2) is 4.49. The second-order valence-electron chi connectivity index (χ2n) is 4.01. The van der Waals surface area contributed by atoms with Crippen LogP contribution in [-0.2, 0) is 0 Å². The van der Waals surface area contributed by atoms with E-state index in [0.29, 0.717) is 6.04 Å². The molecule has 4 nitrogen and oxygen atoms in total. The van der Waals surface area contributed by atoms with E-state index in [4.69, 9.17) is 5.73 Å². The van der Waals surface area contributed by atoms with Gasteiger partial charge in [0.1, 0.15) is 0 Å². The molecule has 0 bridgehead atoms. The number of aromatic nitrogens is 1. The number of pyridine rings is 1. The van der Waals surface area contributed by atoms with Gasteiger partial charge < -0.3 is 16.0 Å². The number of nitrogens with one attached hydrogen (secondary N) is 1. The van der Waals surface area contributed by atoms with Crippen LogP contribution in [0.4, 0.5) is 11.4 Å². The number of anilines is 2. The quantitative estimate of drug-likeness (QED) is 0.753. The van der Waals surface area contributed by atoms with Gasteiger partial charge in [0.2, 0.25) is 0 Å². The van der Waals surface area contributed by atoms with E-state index in [1.165, 1.54) is 12.8 Å². The Labute approximate surface area is 90.5 Å². The maximum absolute atomic E-state index is 5.91. The summed E-state index contributed by atoms with van der Waals surface area (Å²) < 4.78 is 0. The molecule has 1 aromatic rings. The second-order valence-corrected chi connectivity index (χ2v) is 4.01. The lowest BCUT2D eigenvalue weighted by atomic mass is 10.1. The van der Waals surface area contributed by atoms with Crippen molar-refractivity contribution in [3.63, 3.8) is 0 Å². The Kier molecular flexibility index (Phi) is 3.06. The Morgan fingerprint density at radius 2 is 2.47 bits per heavy atom. The Morgan fingerprint density at radius 1 is 1.60 bits per heavy atom. The molecule has 1 atom stereocenters. The molecule has 2 heterocycles. The van der Waals surface area contributed by atoms with Crippen LogP contribution in [0.2, 0.25) is 0 Å². The predicted molar refractivity (Wildman–Crippen MR) is 62.9 cm³/mol. The Bertz CT molecular complexity index is 326. The smallest absolute Gasteiger partial charge is 0.0738 e. The normalized spacial score (nSPS) is 21.7. The zero-order chi connectivity index (χ0) is 10.7. The molecule has 1 aliphatic heterocycles. The minimum atomic E-state index is 0.575. The van der Waals surface area contributed by atoms with E-state index in [2.05, 4.69) is 15.2 Å². The van der Waals surface area contributed by atoms with Crippen molar-refractivity contribution in [2.45, 2.75) is 18.9 Å². The van der Waals surface area contributed by atoms with Crippen LogP contribution >= 0.6 is 0 Å². The van der Waals surface area contributed by atoms with Gasteiger partial charge in [0.25, 0.3) is 0 Å². The summed E-state index contributed by atoms with van der Waals surface area (Å²) in [5.41, 5.74) is 7.80. The summed E-state index contributed by atoms with van der Waals surface area (Å²) in [6.45, 7) is 2.12. The lowest BCUT2D eigenvalue weighted by molar-refractivity contribution is 0.450. The van der Waals surface area contributed by atoms with E-state index in [-0.39, 0.29) is 0 Å². The number of nitrogen functional groups attached to an aromatic ring is 1. The van der Waals surface area contributed by atoms with Crippen molar-refractivity contribution in [2.24, 2.45) is 0 Å². The van der Waals surface area contributed by atoms with Gasteiger partial charge in [-0.15, -0.1) is 0 Å². The molecule has 1 aliphatic rings. The van der Waals surface area contributed by atoms with E-state index in [1.807, 2.05) is 13.1 Å². The number of hydrogen-bond donors (Lipinski definition) is 2. The molecule has 0 unspecified atom stereocenters. The van der Waals surface area contributed by atoms with Crippen molar-refractivity contribution in [1.29, 1.82) is 0 Å². The van der Waals surface area contributed by atoms with Gasteiger partial charge in [-0.1, -0.05) is 0 Å².